The second-order valence-corrected chi connectivity index (χ2v) is 6.84. The van der Waals surface area contributed by atoms with E-state index in [0.29, 0.717) is 5.41 Å². The lowest BCUT2D eigenvalue weighted by Gasteiger charge is -2.34. The molecule has 1 fully saturated rings. The first-order valence-electron chi connectivity index (χ1n) is 6.65. The minimum atomic E-state index is 0.201. The summed E-state index contributed by atoms with van der Waals surface area (Å²) in [4.78, 5) is 0. The summed E-state index contributed by atoms with van der Waals surface area (Å²) in [5.41, 5.74) is 1.90. The smallest absolute Gasteiger partial charge is 0.0934 e. The van der Waals surface area contributed by atoms with E-state index in [9.17, 15) is 0 Å². The Morgan fingerprint density at radius 1 is 1.29 bits per heavy atom. The van der Waals surface area contributed by atoms with Crippen molar-refractivity contribution in [1.29, 1.82) is 0 Å². The lowest BCUT2D eigenvalue weighted by molar-refractivity contribution is 0.227. The summed E-state index contributed by atoms with van der Waals surface area (Å²) in [5, 5.41) is 3.67. The summed E-state index contributed by atoms with van der Waals surface area (Å²) in [5.74, 6) is 0.882. The van der Waals surface area contributed by atoms with Gasteiger partial charge in [0.1, 0.15) is 0 Å². The minimum Gasteiger partial charge on any atom is -0.472 e. The average Bonchev–Trinajstić information content (AvgIpc) is 2.97. The van der Waals surface area contributed by atoms with Crippen molar-refractivity contribution in [3.8, 4) is 0 Å². The lowest BCUT2D eigenvalue weighted by Crippen LogP contribution is -2.44. The summed E-state index contributed by atoms with van der Waals surface area (Å²) in [6, 6.07) is 2.09. The number of furan rings is 1. The topological polar surface area (TPSA) is 25.2 Å². The Labute approximate surface area is 105 Å². The first-order valence-corrected chi connectivity index (χ1v) is 6.65. The van der Waals surface area contributed by atoms with Crippen LogP contribution in [0.15, 0.2) is 23.0 Å². The van der Waals surface area contributed by atoms with Crippen LogP contribution in [0.4, 0.5) is 0 Å². The molecule has 1 saturated carbocycles. The van der Waals surface area contributed by atoms with E-state index >= 15 is 0 Å². The predicted molar refractivity (Wildman–Crippen MR) is 71.0 cm³/mol. The highest BCUT2D eigenvalue weighted by Crippen LogP contribution is 2.47. The molecular weight excluding hydrogens is 210 g/mol. The van der Waals surface area contributed by atoms with Crippen LogP contribution in [0.5, 0.6) is 0 Å². The number of hydrogen-bond donors (Lipinski definition) is 1. The Balaban J connectivity index is 1.99. The molecule has 0 radical (unpaired) electrons. The van der Waals surface area contributed by atoms with Gasteiger partial charge in [0.15, 0.2) is 0 Å². The van der Waals surface area contributed by atoms with Crippen LogP contribution in [0.3, 0.4) is 0 Å². The van der Waals surface area contributed by atoms with E-state index in [2.05, 4.69) is 39.1 Å². The minimum absolute atomic E-state index is 0.201. The van der Waals surface area contributed by atoms with Crippen molar-refractivity contribution in [2.45, 2.75) is 52.5 Å². The molecule has 2 heteroatoms. The van der Waals surface area contributed by atoms with Crippen LogP contribution < -0.4 is 5.32 Å². The molecule has 17 heavy (non-hydrogen) atoms. The van der Waals surface area contributed by atoms with E-state index in [-0.39, 0.29) is 5.54 Å². The molecular formula is C15H25NO. The van der Waals surface area contributed by atoms with Crippen LogP contribution in [-0.4, -0.2) is 12.1 Å². The summed E-state index contributed by atoms with van der Waals surface area (Å²) in [6.45, 7) is 10.2. The molecule has 1 atom stereocenters. The molecule has 1 aromatic rings. The van der Waals surface area contributed by atoms with Gasteiger partial charge in [0.2, 0.25) is 0 Å². The standard InChI is InChI=1S/C15H25NO/c1-14(2,3)16-11-15(4,13-5-6-13)9-12-7-8-17-10-12/h7-8,10,13,16H,5-6,9,11H2,1-4H3. The highest BCUT2D eigenvalue weighted by Gasteiger charge is 2.41. The molecule has 0 aliphatic heterocycles. The molecule has 96 valence electrons. The molecule has 0 saturated heterocycles. The van der Waals surface area contributed by atoms with Crippen molar-refractivity contribution in [3.05, 3.63) is 24.2 Å². The second-order valence-electron chi connectivity index (χ2n) is 6.84. The fourth-order valence-corrected chi connectivity index (χ4v) is 2.46. The average molecular weight is 235 g/mol. The predicted octanol–water partition coefficient (Wildman–Crippen LogP) is 3.63. The SMILES string of the molecule is CC(C)(C)NCC(C)(Cc1ccoc1)C1CC1. The maximum Gasteiger partial charge on any atom is 0.0934 e. The number of rotatable bonds is 5. The fourth-order valence-electron chi connectivity index (χ4n) is 2.46. The highest BCUT2D eigenvalue weighted by molar-refractivity contribution is 5.11. The van der Waals surface area contributed by atoms with Crippen molar-refractivity contribution < 1.29 is 4.42 Å². The molecule has 2 nitrogen and oxygen atoms in total. The Hall–Kier alpha value is -0.760. The molecule has 1 N–H and O–H groups in total. The zero-order valence-electron chi connectivity index (χ0n) is 11.5. The van der Waals surface area contributed by atoms with Gasteiger partial charge in [-0.25, -0.2) is 0 Å². The number of hydrogen-bond acceptors (Lipinski definition) is 2. The van der Waals surface area contributed by atoms with Gasteiger partial charge < -0.3 is 9.73 Å². The molecule has 1 heterocycles. The fraction of sp³-hybridized carbons (Fsp3) is 0.733. The Morgan fingerprint density at radius 3 is 2.47 bits per heavy atom. The van der Waals surface area contributed by atoms with E-state index in [1.165, 1.54) is 18.4 Å². The van der Waals surface area contributed by atoms with Crippen LogP contribution in [0.2, 0.25) is 0 Å². The molecule has 0 bridgehead atoms. The van der Waals surface area contributed by atoms with E-state index in [4.69, 9.17) is 4.42 Å². The monoisotopic (exact) mass is 235 g/mol. The molecule has 1 unspecified atom stereocenters. The first kappa shape index (κ1) is 12.7. The molecule has 0 spiro atoms. The van der Waals surface area contributed by atoms with Gasteiger partial charge in [-0.1, -0.05) is 6.92 Å². The molecule has 2 rings (SSSR count). The van der Waals surface area contributed by atoms with Crippen LogP contribution in [0.1, 0.15) is 46.1 Å². The van der Waals surface area contributed by atoms with Crippen LogP contribution in [0.25, 0.3) is 0 Å². The summed E-state index contributed by atoms with van der Waals surface area (Å²) in [6.07, 6.45) is 7.56. The van der Waals surface area contributed by atoms with Gasteiger partial charge in [-0.15, -0.1) is 0 Å². The third-order valence-electron chi connectivity index (χ3n) is 3.77. The van der Waals surface area contributed by atoms with Gasteiger partial charge in [-0.3, -0.25) is 0 Å². The molecule has 0 amide bonds. The maximum atomic E-state index is 5.19. The Kier molecular flexibility index (Phi) is 3.35. The van der Waals surface area contributed by atoms with Gasteiger partial charge in [0, 0.05) is 12.1 Å². The zero-order chi connectivity index (χ0) is 12.5. The summed E-state index contributed by atoms with van der Waals surface area (Å²) < 4.78 is 5.19. The zero-order valence-corrected chi connectivity index (χ0v) is 11.5. The molecule has 0 aromatic carbocycles. The molecule has 1 aromatic heterocycles. The van der Waals surface area contributed by atoms with Crippen molar-refractivity contribution in [3.63, 3.8) is 0 Å². The van der Waals surface area contributed by atoms with Crippen molar-refractivity contribution in [1.82, 2.24) is 5.32 Å². The lowest BCUT2D eigenvalue weighted by atomic mass is 9.79. The van der Waals surface area contributed by atoms with Crippen molar-refractivity contribution in [2.75, 3.05) is 6.54 Å². The van der Waals surface area contributed by atoms with Crippen LogP contribution in [-0.2, 0) is 6.42 Å². The first-order chi connectivity index (χ1) is 7.89. The van der Waals surface area contributed by atoms with Crippen LogP contribution in [0, 0.1) is 11.3 Å². The molecule has 1 aliphatic rings. The maximum absolute atomic E-state index is 5.19. The highest BCUT2D eigenvalue weighted by atomic mass is 16.3. The van der Waals surface area contributed by atoms with Crippen LogP contribution >= 0.6 is 0 Å². The third kappa shape index (κ3) is 3.60. The largest absolute Gasteiger partial charge is 0.472 e. The molecule has 1 aliphatic carbocycles. The van der Waals surface area contributed by atoms with Crippen molar-refractivity contribution in [2.24, 2.45) is 11.3 Å². The number of nitrogens with one attached hydrogen (secondary N) is 1. The van der Waals surface area contributed by atoms with E-state index in [1.54, 1.807) is 6.26 Å². The van der Waals surface area contributed by atoms with Gasteiger partial charge in [0.05, 0.1) is 12.5 Å². The Morgan fingerprint density at radius 2 is 2.00 bits per heavy atom. The van der Waals surface area contributed by atoms with Gasteiger partial charge in [-0.05, 0) is 63.0 Å². The van der Waals surface area contributed by atoms with E-state index in [0.717, 1.165) is 18.9 Å². The third-order valence-corrected chi connectivity index (χ3v) is 3.77. The van der Waals surface area contributed by atoms with Crippen molar-refractivity contribution >= 4 is 0 Å². The normalized spacial score (nSPS) is 20.2. The quantitative estimate of drug-likeness (QED) is 0.843. The van der Waals surface area contributed by atoms with E-state index < -0.39 is 0 Å². The second kappa shape index (κ2) is 4.49. The van der Waals surface area contributed by atoms with Gasteiger partial charge in [0.25, 0.3) is 0 Å². The van der Waals surface area contributed by atoms with Gasteiger partial charge in [-0.2, -0.15) is 0 Å². The summed E-state index contributed by atoms with van der Waals surface area (Å²) >= 11 is 0. The Bertz CT molecular complexity index is 345. The van der Waals surface area contributed by atoms with E-state index in [1.807, 2.05) is 6.26 Å². The van der Waals surface area contributed by atoms with Gasteiger partial charge >= 0.3 is 0 Å². The summed E-state index contributed by atoms with van der Waals surface area (Å²) in [7, 11) is 0.